The summed E-state index contributed by atoms with van der Waals surface area (Å²) in [7, 11) is 1.58. The Balaban J connectivity index is 1.72. The summed E-state index contributed by atoms with van der Waals surface area (Å²) in [5, 5.41) is 0. The molecule has 0 radical (unpaired) electrons. The van der Waals surface area contributed by atoms with Crippen LogP contribution in [-0.2, 0) is 9.53 Å². The third-order valence-electron chi connectivity index (χ3n) is 6.97. The first-order valence-corrected chi connectivity index (χ1v) is 13.6. The molecule has 5 rings (SSSR count). The van der Waals surface area contributed by atoms with Gasteiger partial charge in [0.15, 0.2) is 4.80 Å². The number of nitrogens with zero attached hydrogens (tertiary/aromatic N) is 3. The number of aryl methyl sites for hydroxylation is 2. The second-order valence-electron chi connectivity index (χ2n) is 9.55. The van der Waals surface area contributed by atoms with Gasteiger partial charge in [-0.1, -0.05) is 41.7 Å². The number of thiazole rings is 1. The first-order valence-electron chi connectivity index (χ1n) is 12.8. The minimum atomic E-state index is -0.724. The molecule has 4 aromatic rings. The van der Waals surface area contributed by atoms with E-state index in [1.165, 1.54) is 16.9 Å². The Morgan fingerprint density at radius 2 is 1.85 bits per heavy atom. The number of benzene rings is 2. The number of allylic oxidation sites excluding steroid dienone is 1. The average molecular weight is 542 g/mol. The van der Waals surface area contributed by atoms with Crippen molar-refractivity contribution in [2.24, 2.45) is 4.99 Å². The molecule has 0 aliphatic carbocycles. The van der Waals surface area contributed by atoms with E-state index in [1.807, 2.05) is 36.4 Å². The number of carbonyl (C=O) groups is 1. The Bertz CT molecular complexity index is 1810. The number of carbonyl (C=O) groups excluding carboxylic acids is 1. The predicted octanol–water partition coefficient (Wildman–Crippen LogP) is 4.52. The molecule has 1 atom stereocenters. The summed E-state index contributed by atoms with van der Waals surface area (Å²) >= 11 is 1.31. The highest BCUT2D eigenvalue weighted by atomic mass is 32.1. The van der Waals surface area contributed by atoms with E-state index in [0.717, 1.165) is 22.6 Å². The van der Waals surface area contributed by atoms with Gasteiger partial charge in [-0.3, -0.25) is 9.36 Å². The van der Waals surface area contributed by atoms with Crippen LogP contribution in [0.5, 0.6) is 5.75 Å². The molecule has 8 heteroatoms. The highest BCUT2D eigenvalue weighted by Gasteiger charge is 2.35. The molecular weight excluding hydrogens is 510 g/mol. The van der Waals surface area contributed by atoms with Gasteiger partial charge >= 0.3 is 5.97 Å². The number of fused-ring (bicyclic) bond motifs is 1. The van der Waals surface area contributed by atoms with Crippen LogP contribution in [0.25, 0.3) is 11.8 Å². The quantitative estimate of drug-likeness (QED) is 0.337. The van der Waals surface area contributed by atoms with E-state index >= 15 is 0 Å². The van der Waals surface area contributed by atoms with Crippen LogP contribution in [-0.4, -0.2) is 28.8 Å². The maximum Gasteiger partial charge on any atom is 0.338 e. The van der Waals surface area contributed by atoms with Gasteiger partial charge in [0.2, 0.25) is 0 Å². The number of para-hydroxylation sites is 1. The van der Waals surface area contributed by atoms with Crippen LogP contribution in [0.2, 0.25) is 0 Å². The van der Waals surface area contributed by atoms with Gasteiger partial charge in [-0.2, -0.15) is 0 Å². The van der Waals surface area contributed by atoms with E-state index in [2.05, 4.69) is 54.6 Å². The van der Waals surface area contributed by atoms with Crippen molar-refractivity contribution in [3.8, 4) is 11.4 Å². The molecule has 0 spiro atoms. The molecule has 39 heavy (non-hydrogen) atoms. The molecule has 0 unspecified atom stereocenters. The first kappa shape index (κ1) is 26.4. The molecule has 1 aliphatic rings. The van der Waals surface area contributed by atoms with Crippen molar-refractivity contribution in [3.05, 3.63) is 114 Å². The smallest absolute Gasteiger partial charge is 0.338 e. The summed E-state index contributed by atoms with van der Waals surface area (Å²) in [6.45, 7) is 9.94. The summed E-state index contributed by atoms with van der Waals surface area (Å²) < 4.78 is 15.3. The normalized spacial score (nSPS) is 15.2. The molecule has 3 heterocycles. The van der Waals surface area contributed by atoms with E-state index < -0.39 is 12.0 Å². The number of esters is 1. The van der Waals surface area contributed by atoms with E-state index in [-0.39, 0.29) is 12.2 Å². The molecule has 0 N–H and O–H groups in total. The zero-order valence-electron chi connectivity index (χ0n) is 22.9. The van der Waals surface area contributed by atoms with E-state index in [4.69, 9.17) is 9.47 Å². The monoisotopic (exact) mass is 541 g/mol. The summed E-state index contributed by atoms with van der Waals surface area (Å²) in [5.74, 6) is 0.0842. The Hall–Kier alpha value is -4.17. The van der Waals surface area contributed by atoms with Crippen molar-refractivity contribution in [1.29, 1.82) is 0 Å². The van der Waals surface area contributed by atoms with Crippen molar-refractivity contribution < 1.29 is 14.3 Å². The molecule has 0 saturated carbocycles. The zero-order chi connectivity index (χ0) is 27.8. The summed E-state index contributed by atoms with van der Waals surface area (Å²) in [6, 6.07) is 17.1. The van der Waals surface area contributed by atoms with E-state index in [9.17, 15) is 9.59 Å². The number of rotatable bonds is 6. The van der Waals surface area contributed by atoms with Gasteiger partial charge in [0, 0.05) is 22.6 Å². The van der Waals surface area contributed by atoms with Gasteiger partial charge < -0.3 is 14.0 Å². The SMILES string of the molecule is CCOC(=O)C1=C(C)N=c2s/c(=C/c3cc(C)n(-c4cccc(C)c4)c3C)c(=O)n2[C@@H]1c1ccccc1OC. The lowest BCUT2D eigenvalue weighted by Gasteiger charge is -2.25. The van der Waals surface area contributed by atoms with Crippen molar-refractivity contribution in [2.45, 2.75) is 40.7 Å². The van der Waals surface area contributed by atoms with E-state index in [1.54, 1.807) is 25.5 Å². The molecule has 0 fully saturated rings. The van der Waals surface area contributed by atoms with Crippen molar-refractivity contribution in [2.75, 3.05) is 13.7 Å². The van der Waals surface area contributed by atoms with Crippen LogP contribution in [0, 0.1) is 20.8 Å². The Morgan fingerprint density at radius 3 is 2.56 bits per heavy atom. The molecular formula is C31H31N3O4S. The molecule has 7 nitrogen and oxygen atoms in total. The minimum Gasteiger partial charge on any atom is -0.496 e. The summed E-state index contributed by atoms with van der Waals surface area (Å²) in [4.78, 5) is 32.4. The first-order chi connectivity index (χ1) is 18.7. The standard InChI is InChI=1S/C31H31N3O4S/c1-7-38-30(36)27-20(4)32-31-34(28(27)24-13-8-9-14-25(24)37-6)29(35)26(39-31)17-22-16-19(3)33(21(22)5)23-12-10-11-18(2)15-23/h8-17,28H,7H2,1-6H3/b26-17+/t28-/m1/s1. The number of aromatic nitrogens is 2. The number of hydrogen-bond donors (Lipinski definition) is 0. The van der Waals surface area contributed by atoms with Crippen molar-refractivity contribution in [1.82, 2.24) is 9.13 Å². The van der Waals surface area contributed by atoms with Gasteiger partial charge in [-0.15, -0.1) is 0 Å². The maximum absolute atomic E-state index is 14.0. The fraction of sp³-hybridized carbons (Fsp3) is 0.258. The van der Waals surface area contributed by atoms with Gasteiger partial charge in [0.25, 0.3) is 5.56 Å². The van der Waals surface area contributed by atoms with Gasteiger partial charge in [-0.05, 0) is 76.1 Å². The Kier molecular flexibility index (Phi) is 7.14. The van der Waals surface area contributed by atoms with Crippen molar-refractivity contribution in [3.63, 3.8) is 0 Å². The van der Waals surface area contributed by atoms with Crippen LogP contribution >= 0.6 is 11.3 Å². The second-order valence-corrected chi connectivity index (χ2v) is 10.6. The molecule has 0 saturated heterocycles. The topological polar surface area (TPSA) is 74.8 Å². The highest BCUT2D eigenvalue weighted by molar-refractivity contribution is 7.07. The second kappa shape index (κ2) is 10.5. The minimum absolute atomic E-state index is 0.217. The van der Waals surface area contributed by atoms with Crippen LogP contribution < -0.4 is 19.6 Å². The average Bonchev–Trinajstić information content (AvgIpc) is 3.37. The van der Waals surface area contributed by atoms with E-state index in [0.29, 0.717) is 31.9 Å². The number of hydrogen-bond acceptors (Lipinski definition) is 6. The van der Waals surface area contributed by atoms with Gasteiger partial charge in [0.05, 0.1) is 29.5 Å². The fourth-order valence-electron chi connectivity index (χ4n) is 5.22. The molecule has 2 aromatic heterocycles. The van der Waals surface area contributed by atoms with Crippen molar-refractivity contribution >= 4 is 23.4 Å². The molecule has 0 bridgehead atoms. The van der Waals surface area contributed by atoms with Crippen LogP contribution in [0.1, 0.15) is 48.0 Å². The highest BCUT2D eigenvalue weighted by Crippen LogP contribution is 2.35. The van der Waals surface area contributed by atoms with Gasteiger partial charge in [-0.25, -0.2) is 9.79 Å². The lowest BCUT2D eigenvalue weighted by molar-refractivity contribution is -0.139. The number of ether oxygens (including phenoxy) is 2. The Labute approximate surface area is 231 Å². The molecule has 0 amide bonds. The third-order valence-corrected chi connectivity index (χ3v) is 7.95. The largest absolute Gasteiger partial charge is 0.496 e. The molecule has 2 aromatic carbocycles. The molecule has 200 valence electrons. The molecule has 1 aliphatic heterocycles. The predicted molar refractivity (Wildman–Crippen MR) is 153 cm³/mol. The summed E-state index contributed by atoms with van der Waals surface area (Å²) in [6.07, 6.45) is 1.92. The van der Waals surface area contributed by atoms with Crippen LogP contribution in [0.4, 0.5) is 0 Å². The lowest BCUT2D eigenvalue weighted by Crippen LogP contribution is -2.40. The Morgan fingerprint density at radius 1 is 1.08 bits per heavy atom. The maximum atomic E-state index is 14.0. The zero-order valence-corrected chi connectivity index (χ0v) is 23.8. The number of methoxy groups -OCH3 is 1. The summed E-state index contributed by atoms with van der Waals surface area (Å²) in [5.41, 5.74) is 6.66. The lowest BCUT2D eigenvalue weighted by atomic mass is 9.95. The van der Waals surface area contributed by atoms with Crippen LogP contribution in [0.3, 0.4) is 0 Å². The third kappa shape index (κ3) is 4.65. The van der Waals surface area contributed by atoms with Gasteiger partial charge in [0.1, 0.15) is 11.8 Å². The van der Waals surface area contributed by atoms with Crippen LogP contribution in [0.15, 0.2) is 75.7 Å². The fourth-order valence-corrected chi connectivity index (χ4v) is 6.25.